The van der Waals surface area contributed by atoms with Crippen LogP contribution in [0.25, 0.3) is 0 Å². The van der Waals surface area contributed by atoms with Gasteiger partial charge in [-0.25, -0.2) is 0 Å². The highest BCUT2D eigenvalue weighted by molar-refractivity contribution is 14.1. The first-order valence-corrected chi connectivity index (χ1v) is 6.25. The van der Waals surface area contributed by atoms with Crippen LogP contribution in [0.15, 0.2) is 24.3 Å². The molecule has 84 valence electrons. The molecule has 2 rings (SSSR count). The lowest BCUT2D eigenvalue weighted by atomic mass is 10.2. The average Bonchev–Trinajstić information content (AvgIpc) is 2.58. The molecular weight excluding hydrogens is 313 g/mol. The molecule has 0 aliphatic carbocycles. The molecule has 1 aromatic heterocycles. The number of anilines is 1. The van der Waals surface area contributed by atoms with Gasteiger partial charge in [-0.15, -0.1) is 0 Å². The van der Waals surface area contributed by atoms with Gasteiger partial charge in [-0.1, -0.05) is 12.1 Å². The molecule has 4 heteroatoms. The summed E-state index contributed by atoms with van der Waals surface area (Å²) in [5.41, 5.74) is 4.62. The van der Waals surface area contributed by atoms with Crippen LogP contribution in [-0.4, -0.2) is 10.2 Å². The van der Waals surface area contributed by atoms with E-state index in [-0.39, 0.29) is 0 Å². The predicted octanol–water partition coefficient (Wildman–Crippen LogP) is 3.24. The molecule has 0 aliphatic rings. The van der Waals surface area contributed by atoms with Gasteiger partial charge in [-0.3, -0.25) is 5.10 Å². The molecule has 0 fully saturated rings. The highest BCUT2D eigenvalue weighted by Crippen LogP contribution is 2.19. The number of aryl methyl sites for hydroxylation is 2. The number of rotatable bonds is 3. The van der Waals surface area contributed by atoms with Gasteiger partial charge in [0.2, 0.25) is 0 Å². The number of para-hydroxylation sites is 1. The minimum Gasteiger partial charge on any atom is -0.380 e. The summed E-state index contributed by atoms with van der Waals surface area (Å²) in [5, 5.41) is 10.6. The molecule has 0 saturated carbocycles. The molecule has 2 N–H and O–H groups in total. The Morgan fingerprint density at radius 2 is 2.06 bits per heavy atom. The standard InChI is InChI=1S/C12H14IN3/c1-8-10(9(2)16-15-8)7-14-12-6-4-3-5-11(12)13/h3-6,14H,7H2,1-2H3,(H,15,16). The van der Waals surface area contributed by atoms with Crippen LogP contribution in [-0.2, 0) is 6.54 Å². The van der Waals surface area contributed by atoms with Gasteiger partial charge in [0, 0.05) is 27.1 Å². The van der Waals surface area contributed by atoms with E-state index in [1.165, 1.54) is 14.8 Å². The average molecular weight is 327 g/mol. The van der Waals surface area contributed by atoms with Crippen LogP contribution in [0.5, 0.6) is 0 Å². The zero-order chi connectivity index (χ0) is 11.5. The van der Waals surface area contributed by atoms with E-state index in [4.69, 9.17) is 0 Å². The van der Waals surface area contributed by atoms with Gasteiger partial charge >= 0.3 is 0 Å². The molecular formula is C12H14IN3. The molecule has 0 unspecified atom stereocenters. The largest absolute Gasteiger partial charge is 0.380 e. The Bertz CT molecular complexity index is 471. The highest BCUT2D eigenvalue weighted by atomic mass is 127. The third-order valence-electron chi connectivity index (χ3n) is 2.61. The summed E-state index contributed by atoms with van der Waals surface area (Å²) in [4.78, 5) is 0. The van der Waals surface area contributed by atoms with E-state index in [2.05, 4.69) is 50.2 Å². The molecule has 0 atom stereocenters. The maximum absolute atomic E-state index is 4.18. The van der Waals surface area contributed by atoms with Crippen LogP contribution >= 0.6 is 22.6 Å². The van der Waals surface area contributed by atoms with Gasteiger partial charge in [0.05, 0.1) is 5.69 Å². The molecule has 16 heavy (non-hydrogen) atoms. The van der Waals surface area contributed by atoms with Gasteiger partial charge in [0.15, 0.2) is 0 Å². The lowest BCUT2D eigenvalue weighted by Crippen LogP contribution is -2.02. The molecule has 0 radical (unpaired) electrons. The maximum atomic E-state index is 4.18. The number of hydrogen-bond donors (Lipinski definition) is 2. The van der Waals surface area contributed by atoms with E-state index in [1.54, 1.807) is 0 Å². The zero-order valence-corrected chi connectivity index (χ0v) is 11.5. The molecule has 0 aliphatic heterocycles. The first kappa shape index (κ1) is 11.4. The van der Waals surface area contributed by atoms with Crippen molar-refractivity contribution in [1.82, 2.24) is 10.2 Å². The second kappa shape index (κ2) is 4.86. The highest BCUT2D eigenvalue weighted by Gasteiger charge is 2.06. The minimum absolute atomic E-state index is 0.814. The Morgan fingerprint density at radius 3 is 2.69 bits per heavy atom. The molecule has 2 aromatic rings. The molecule has 3 nitrogen and oxygen atoms in total. The van der Waals surface area contributed by atoms with Crippen molar-refractivity contribution in [3.05, 3.63) is 44.8 Å². The number of benzene rings is 1. The summed E-state index contributed by atoms with van der Waals surface area (Å²) in [6.45, 7) is 4.89. The summed E-state index contributed by atoms with van der Waals surface area (Å²) in [5.74, 6) is 0. The predicted molar refractivity (Wildman–Crippen MR) is 74.5 cm³/mol. The van der Waals surface area contributed by atoms with Crippen LogP contribution in [0.4, 0.5) is 5.69 Å². The molecule has 0 amide bonds. The SMILES string of the molecule is Cc1n[nH]c(C)c1CNc1ccccc1I. The number of nitrogens with one attached hydrogen (secondary N) is 2. The molecule has 0 spiro atoms. The third-order valence-corrected chi connectivity index (χ3v) is 3.55. The Kier molecular flexibility index (Phi) is 3.48. The summed E-state index contributed by atoms with van der Waals surface area (Å²) in [6, 6.07) is 8.27. The summed E-state index contributed by atoms with van der Waals surface area (Å²) in [6.07, 6.45) is 0. The van der Waals surface area contributed by atoms with Crippen molar-refractivity contribution < 1.29 is 0 Å². The van der Waals surface area contributed by atoms with Crippen LogP contribution in [0.3, 0.4) is 0 Å². The first-order valence-electron chi connectivity index (χ1n) is 5.17. The van der Waals surface area contributed by atoms with E-state index in [9.17, 15) is 0 Å². The van der Waals surface area contributed by atoms with Crippen LogP contribution in [0.1, 0.15) is 17.0 Å². The number of hydrogen-bond acceptors (Lipinski definition) is 2. The Morgan fingerprint density at radius 1 is 1.31 bits per heavy atom. The van der Waals surface area contributed by atoms with Crippen LogP contribution in [0.2, 0.25) is 0 Å². The zero-order valence-electron chi connectivity index (χ0n) is 9.34. The fraction of sp³-hybridized carbons (Fsp3) is 0.250. The van der Waals surface area contributed by atoms with Crippen LogP contribution < -0.4 is 5.32 Å². The molecule has 0 bridgehead atoms. The van der Waals surface area contributed by atoms with E-state index >= 15 is 0 Å². The minimum atomic E-state index is 0.814. The van der Waals surface area contributed by atoms with Crippen molar-refractivity contribution in [2.24, 2.45) is 0 Å². The van der Waals surface area contributed by atoms with Crippen molar-refractivity contribution in [2.45, 2.75) is 20.4 Å². The van der Waals surface area contributed by atoms with Crippen molar-refractivity contribution in [1.29, 1.82) is 0 Å². The fourth-order valence-electron chi connectivity index (χ4n) is 1.62. The van der Waals surface area contributed by atoms with Crippen molar-refractivity contribution in [3.63, 3.8) is 0 Å². The van der Waals surface area contributed by atoms with Crippen molar-refractivity contribution in [3.8, 4) is 0 Å². The summed E-state index contributed by atoms with van der Waals surface area (Å²) in [7, 11) is 0. The Labute approximate surface area is 109 Å². The van der Waals surface area contributed by atoms with Gasteiger partial charge in [-0.2, -0.15) is 5.10 Å². The van der Waals surface area contributed by atoms with E-state index < -0.39 is 0 Å². The van der Waals surface area contributed by atoms with Crippen molar-refractivity contribution in [2.75, 3.05) is 5.32 Å². The van der Waals surface area contributed by atoms with Gasteiger partial charge in [-0.05, 0) is 48.6 Å². The smallest absolute Gasteiger partial charge is 0.0643 e. The Hall–Kier alpha value is -1.04. The number of H-pyrrole nitrogens is 1. The van der Waals surface area contributed by atoms with Crippen LogP contribution in [0, 0.1) is 17.4 Å². The number of aromatic nitrogens is 2. The lowest BCUT2D eigenvalue weighted by molar-refractivity contribution is 1.02. The number of nitrogens with zero attached hydrogens (tertiary/aromatic N) is 1. The first-order chi connectivity index (χ1) is 7.68. The number of halogens is 1. The fourth-order valence-corrected chi connectivity index (χ4v) is 2.20. The quantitative estimate of drug-likeness (QED) is 0.850. The van der Waals surface area contributed by atoms with Gasteiger partial charge in [0.25, 0.3) is 0 Å². The normalized spacial score (nSPS) is 10.4. The van der Waals surface area contributed by atoms with E-state index in [0.717, 1.165) is 17.9 Å². The monoisotopic (exact) mass is 327 g/mol. The third kappa shape index (κ3) is 2.37. The topological polar surface area (TPSA) is 40.7 Å². The molecule has 1 aromatic carbocycles. The summed E-state index contributed by atoms with van der Waals surface area (Å²) >= 11 is 2.33. The maximum Gasteiger partial charge on any atom is 0.0643 e. The molecule has 1 heterocycles. The van der Waals surface area contributed by atoms with Gasteiger partial charge < -0.3 is 5.32 Å². The molecule has 0 saturated heterocycles. The van der Waals surface area contributed by atoms with Crippen molar-refractivity contribution >= 4 is 28.3 Å². The second-order valence-electron chi connectivity index (χ2n) is 3.75. The number of aromatic amines is 1. The second-order valence-corrected chi connectivity index (χ2v) is 4.91. The van der Waals surface area contributed by atoms with Gasteiger partial charge in [0.1, 0.15) is 0 Å². The summed E-state index contributed by atoms with van der Waals surface area (Å²) < 4.78 is 1.24. The van der Waals surface area contributed by atoms with E-state index in [1.807, 2.05) is 26.0 Å². The van der Waals surface area contributed by atoms with E-state index in [0.29, 0.717) is 0 Å². The lowest BCUT2D eigenvalue weighted by Gasteiger charge is -2.08. The Balaban J connectivity index is 2.11.